The van der Waals surface area contributed by atoms with Crippen molar-refractivity contribution < 1.29 is 28.6 Å². The van der Waals surface area contributed by atoms with Crippen LogP contribution in [0.3, 0.4) is 0 Å². The van der Waals surface area contributed by atoms with Gasteiger partial charge in [0, 0.05) is 19.3 Å². The van der Waals surface area contributed by atoms with Gasteiger partial charge in [0.2, 0.25) is 0 Å². The van der Waals surface area contributed by atoms with Crippen molar-refractivity contribution in [1.82, 2.24) is 0 Å². The second-order valence-corrected chi connectivity index (χ2v) is 23.8. The molecule has 1 atom stereocenters. The molecule has 0 radical (unpaired) electrons. The number of ether oxygens (including phenoxy) is 3. The molecule has 0 rings (SSSR count). The van der Waals surface area contributed by atoms with Gasteiger partial charge >= 0.3 is 17.9 Å². The van der Waals surface area contributed by atoms with Crippen molar-refractivity contribution in [2.45, 2.75) is 380 Å². The van der Waals surface area contributed by atoms with Gasteiger partial charge in [-0.1, -0.05) is 306 Å². The summed E-state index contributed by atoms with van der Waals surface area (Å²) in [6, 6.07) is 0. The topological polar surface area (TPSA) is 78.9 Å². The molecule has 0 aromatic heterocycles. The van der Waals surface area contributed by atoms with Gasteiger partial charge in [0.15, 0.2) is 6.10 Å². The van der Waals surface area contributed by atoms with E-state index in [9.17, 15) is 14.4 Å². The van der Waals surface area contributed by atoms with Crippen LogP contribution in [0.5, 0.6) is 0 Å². The van der Waals surface area contributed by atoms with E-state index >= 15 is 0 Å². The first kappa shape index (κ1) is 77.1. The third-order valence-electron chi connectivity index (χ3n) is 15.7. The summed E-state index contributed by atoms with van der Waals surface area (Å²) in [6.45, 7) is 6.66. The molecule has 0 spiro atoms. The second-order valence-electron chi connectivity index (χ2n) is 23.8. The third-order valence-corrected chi connectivity index (χ3v) is 15.7. The van der Waals surface area contributed by atoms with Crippen molar-refractivity contribution in [1.29, 1.82) is 0 Å². The Morgan fingerprint density at radius 1 is 0.250 bits per heavy atom. The number of carbonyl (C=O) groups excluding carboxylic acids is 3. The van der Waals surface area contributed by atoms with Gasteiger partial charge in [0.25, 0.3) is 0 Å². The van der Waals surface area contributed by atoms with E-state index in [0.717, 1.165) is 83.5 Å². The van der Waals surface area contributed by atoms with Crippen molar-refractivity contribution in [2.75, 3.05) is 13.2 Å². The van der Waals surface area contributed by atoms with Crippen LogP contribution in [0.25, 0.3) is 0 Å². The maximum absolute atomic E-state index is 12.9. The largest absolute Gasteiger partial charge is 0.462 e. The van der Waals surface area contributed by atoms with Crippen LogP contribution in [0.15, 0.2) is 60.8 Å². The Morgan fingerprint density at radius 2 is 0.450 bits per heavy atom. The highest BCUT2D eigenvalue weighted by molar-refractivity contribution is 5.71. The number of carbonyl (C=O) groups is 3. The zero-order valence-electron chi connectivity index (χ0n) is 53.6. The minimum absolute atomic E-state index is 0.0768. The molecule has 0 aromatic carbocycles. The van der Waals surface area contributed by atoms with E-state index in [0.29, 0.717) is 19.3 Å². The number of esters is 3. The molecular formula is C74H134O6. The lowest BCUT2D eigenvalue weighted by Gasteiger charge is -2.18. The van der Waals surface area contributed by atoms with Crippen LogP contribution in [0.4, 0.5) is 0 Å². The Morgan fingerprint density at radius 3 is 0.713 bits per heavy atom. The van der Waals surface area contributed by atoms with Crippen LogP contribution in [0, 0.1) is 0 Å². The summed E-state index contributed by atoms with van der Waals surface area (Å²) in [5.41, 5.74) is 0. The zero-order chi connectivity index (χ0) is 57.8. The molecule has 0 aliphatic rings. The van der Waals surface area contributed by atoms with E-state index in [2.05, 4.69) is 81.5 Å². The number of rotatable bonds is 65. The van der Waals surface area contributed by atoms with Crippen LogP contribution in [-0.4, -0.2) is 37.2 Å². The summed E-state index contributed by atoms with van der Waals surface area (Å²) < 4.78 is 17.0. The van der Waals surface area contributed by atoms with E-state index in [4.69, 9.17) is 14.2 Å². The van der Waals surface area contributed by atoms with Crippen LogP contribution >= 0.6 is 0 Å². The lowest BCUT2D eigenvalue weighted by atomic mass is 10.0. The first-order valence-corrected chi connectivity index (χ1v) is 35.3. The highest BCUT2D eigenvalue weighted by Gasteiger charge is 2.19. The van der Waals surface area contributed by atoms with Crippen molar-refractivity contribution in [2.24, 2.45) is 0 Å². The molecule has 6 heteroatoms. The first-order chi connectivity index (χ1) is 39.5. The average Bonchev–Trinajstić information content (AvgIpc) is 3.46. The molecule has 6 nitrogen and oxygen atoms in total. The summed E-state index contributed by atoms with van der Waals surface area (Å²) >= 11 is 0. The normalized spacial score (nSPS) is 12.4. The minimum atomic E-state index is -0.782. The molecule has 0 aromatic rings. The molecule has 80 heavy (non-hydrogen) atoms. The average molecular weight is 1120 g/mol. The SMILES string of the molecule is CCCCCCC/C=C\C/C=C\C/C=C\CCCCCCCCCCCCCCCCCCC(=O)OCC(COC(=O)CCCCCCC/C=C\CCCCCCCC)OC(=O)CCCCCCC/C=C\CCCCCCCCC. The van der Waals surface area contributed by atoms with E-state index in [1.807, 2.05) is 0 Å². The van der Waals surface area contributed by atoms with Crippen molar-refractivity contribution in [3.63, 3.8) is 0 Å². The third kappa shape index (κ3) is 65.9. The van der Waals surface area contributed by atoms with Crippen molar-refractivity contribution >= 4 is 17.9 Å². The molecule has 0 amide bonds. The quantitative estimate of drug-likeness (QED) is 0.0261. The number of allylic oxidation sites excluding steroid dienone is 10. The number of hydrogen-bond donors (Lipinski definition) is 0. The maximum atomic E-state index is 12.9. The van der Waals surface area contributed by atoms with Gasteiger partial charge in [-0.2, -0.15) is 0 Å². The van der Waals surface area contributed by atoms with Crippen LogP contribution in [-0.2, 0) is 28.6 Å². The minimum Gasteiger partial charge on any atom is -0.462 e. The lowest BCUT2D eigenvalue weighted by Crippen LogP contribution is -2.30. The molecule has 0 aliphatic heterocycles. The predicted octanol–water partition coefficient (Wildman–Crippen LogP) is 24.3. The Kier molecular flexibility index (Phi) is 66.1. The monoisotopic (exact) mass is 1120 g/mol. The summed E-state index contributed by atoms with van der Waals surface area (Å²) in [5.74, 6) is -0.873. The molecular weight excluding hydrogens is 985 g/mol. The van der Waals surface area contributed by atoms with Crippen molar-refractivity contribution in [3.8, 4) is 0 Å². The van der Waals surface area contributed by atoms with Gasteiger partial charge in [-0.25, -0.2) is 0 Å². The molecule has 0 fully saturated rings. The highest BCUT2D eigenvalue weighted by Crippen LogP contribution is 2.17. The summed E-state index contributed by atoms with van der Waals surface area (Å²) in [4.78, 5) is 38.4. The summed E-state index contributed by atoms with van der Waals surface area (Å²) in [6.07, 6.45) is 88.2. The first-order valence-electron chi connectivity index (χ1n) is 35.3. The number of hydrogen-bond acceptors (Lipinski definition) is 6. The van der Waals surface area contributed by atoms with Gasteiger partial charge in [0.1, 0.15) is 13.2 Å². The standard InChI is InChI=1S/C74H134O6/c1-4-7-10-13-16-19-22-25-28-30-31-32-33-34-35-36-37-38-39-40-41-42-43-44-47-49-52-55-58-61-64-67-73(76)79-70-71(69-78-72(75)66-63-60-57-54-51-48-45-27-24-21-18-15-12-9-6-3)80-74(77)68-65-62-59-56-53-50-46-29-26-23-20-17-14-11-8-5-2/h22,25,27,29-31,33-34,45-46,71H,4-21,23-24,26,28,32,35-44,47-70H2,1-3H3/b25-22-,31-30-,34-33-,45-27-,46-29-. The number of unbranched alkanes of at least 4 members (excludes halogenated alkanes) is 44. The van der Waals surface area contributed by atoms with E-state index in [1.165, 1.54) is 250 Å². The van der Waals surface area contributed by atoms with E-state index in [-0.39, 0.29) is 31.1 Å². The van der Waals surface area contributed by atoms with Gasteiger partial charge in [-0.15, -0.1) is 0 Å². The Labute approximate surface area is 498 Å². The molecule has 0 saturated carbocycles. The second kappa shape index (κ2) is 68.6. The molecule has 0 bridgehead atoms. The predicted molar refractivity (Wildman–Crippen MR) is 348 cm³/mol. The fourth-order valence-electron chi connectivity index (χ4n) is 10.4. The molecule has 0 heterocycles. The smallest absolute Gasteiger partial charge is 0.306 e. The highest BCUT2D eigenvalue weighted by atomic mass is 16.6. The Balaban J connectivity index is 4.21. The van der Waals surface area contributed by atoms with Crippen LogP contribution < -0.4 is 0 Å². The zero-order valence-corrected chi connectivity index (χ0v) is 53.6. The van der Waals surface area contributed by atoms with Crippen LogP contribution in [0.2, 0.25) is 0 Å². The molecule has 0 saturated heterocycles. The molecule has 0 N–H and O–H groups in total. The van der Waals surface area contributed by atoms with Gasteiger partial charge < -0.3 is 14.2 Å². The van der Waals surface area contributed by atoms with Gasteiger partial charge in [-0.3, -0.25) is 14.4 Å². The fraction of sp³-hybridized carbons (Fsp3) is 0.824. The molecule has 1 unspecified atom stereocenters. The summed E-state index contributed by atoms with van der Waals surface area (Å²) in [5, 5.41) is 0. The molecule has 0 aliphatic carbocycles. The fourth-order valence-corrected chi connectivity index (χ4v) is 10.4. The summed E-state index contributed by atoms with van der Waals surface area (Å²) in [7, 11) is 0. The van der Waals surface area contributed by atoms with Crippen LogP contribution in [0.1, 0.15) is 374 Å². The maximum Gasteiger partial charge on any atom is 0.306 e. The van der Waals surface area contributed by atoms with E-state index < -0.39 is 6.10 Å². The van der Waals surface area contributed by atoms with E-state index in [1.54, 1.807) is 0 Å². The lowest BCUT2D eigenvalue weighted by molar-refractivity contribution is -0.167. The Hall–Kier alpha value is -2.89. The van der Waals surface area contributed by atoms with Gasteiger partial charge in [0.05, 0.1) is 0 Å². The van der Waals surface area contributed by atoms with Crippen molar-refractivity contribution in [3.05, 3.63) is 60.8 Å². The van der Waals surface area contributed by atoms with Gasteiger partial charge in [-0.05, 0) is 109 Å². The molecule has 466 valence electrons. The Bertz CT molecular complexity index is 1430.